The van der Waals surface area contributed by atoms with Crippen LogP contribution in [0.1, 0.15) is 36.5 Å². The first-order valence-corrected chi connectivity index (χ1v) is 12.6. The molecule has 190 valence electrons. The highest BCUT2D eigenvalue weighted by atomic mass is 35.5. The topological polar surface area (TPSA) is 109 Å². The van der Waals surface area contributed by atoms with E-state index in [-0.39, 0.29) is 0 Å². The molecule has 0 aromatic heterocycles. The summed E-state index contributed by atoms with van der Waals surface area (Å²) in [6, 6.07) is 13.1. The van der Waals surface area contributed by atoms with Gasteiger partial charge in [-0.2, -0.15) is 0 Å². The maximum atomic E-state index is 10.8. The fourth-order valence-corrected chi connectivity index (χ4v) is 6.09. The first kappa shape index (κ1) is 25.0. The van der Waals surface area contributed by atoms with Gasteiger partial charge in [-0.15, -0.1) is 0 Å². The molecule has 2 aliphatic carbocycles. The highest BCUT2D eigenvalue weighted by Crippen LogP contribution is 2.57. The zero-order valence-corrected chi connectivity index (χ0v) is 20.6. The summed E-state index contributed by atoms with van der Waals surface area (Å²) in [7, 11) is 1.34. The van der Waals surface area contributed by atoms with Crippen LogP contribution in [0.25, 0.3) is 0 Å². The number of fused-ring (bicyclic) bond motifs is 1. The van der Waals surface area contributed by atoms with E-state index >= 15 is 0 Å². The second-order valence-electron chi connectivity index (χ2n) is 10.2. The maximum absolute atomic E-state index is 10.8. The van der Waals surface area contributed by atoms with Gasteiger partial charge in [-0.1, -0.05) is 36.7 Å². The van der Waals surface area contributed by atoms with Crippen LogP contribution in [0, 0.1) is 17.8 Å². The highest BCUT2D eigenvalue weighted by Gasteiger charge is 2.55. The fourth-order valence-electron chi connectivity index (χ4n) is 5.91. The Hall–Kier alpha value is -1.71. The van der Waals surface area contributed by atoms with E-state index in [1.807, 2.05) is 24.3 Å². The van der Waals surface area contributed by atoms with Gasteiger partial charge in [-0.3, -0.25) is 0 Å². The second kappa shape index (κ2) is 9.63. The maximum Gasteiger partial charge on any atom is 0.224 e. The van der Waals surface area contributed by atoms with Crippen molar-refractivity contribution in [3.05, 3.63) is 64.2 Å². The van der Waals surface area contributed by atoms with Gasteiger partial charge in [0.15, 0.2) is 0 Å². The van der Waals surface area contributed by atoms with Crippen LogP contribution in [0.2, 0.25) is 5.02 Å². The summed E-state index contributed by atoms with van der Waals surface area (Å²) in [5, 5.41) is 41.4. The molecular weight excluding hydrogens is 472 g/mol. The quantitative estimate of drug-likeness (QED) is 0.459. The molecule has 35 heavy (non-hydrogen) atoms. The molecule has 1 saturated heterocycles. The van der Waals surface area contributed by atoms with Gasteiger partial charge in [0.05, 0.1) is 12.7 Å². The van der Waals surface area contributed by atoms with Crippen molar-refractivity contribution in [3.8, 4) is 5.75 Å². The molecule has 0 bridgehead atoms. The molecule has 5 rings (SSSR count). The Labute approximate surface area is 210 Å². The number of aliphatic hydroxyl groups is 4. The van der Waals surface area contributed by atoms with Gasteiger partial charge in [0.1, 0.15) is 30.2 Å². The Balaban J connectivity index is 1.33. The third-order valence-corrected chi connectivity index (χ3v) is 8.52. The van der Waals surface area contributed by atoms with E-state index < -0.39 is 36.8 Å². The normalized spacial score (nSPS) is 38.3. The van der Waals surface area contributed by atoms with E-state index in [0.29, 0.717) is 23.1 Å². The summed E-state index contributed by atoms with van der Waals surface area (Å²) < 4.78 is 17.5. The molecule has 1 aliphatic heterocycles. The van der Waals surface area contributed by atoms with Crippen LogP contribution in [-0.4, -0.2) is 64.7 Å². The number of benzene rings is 2. The third-order valence-electron chi connectivity index (χ3n) is 8.15. The number of hydrogen-bond donors (Lipinski definition) is 4. The van der Waals surface area contributed by atoms with Gasteiger partial charge in [0.2, 0.25) is 5.79 Å². The van der Waals surface area contributed by atoms with Crippen molar-refractivity contribution in [2.24, 2.45) is 17.8 Å². The number of hydrogen-bond acceptors (Lipinski definition) is 7. The SMILES string of the molecule is COC1(c2ccc(Cl)c(Cc3ccc(OC4C[C@@H]5C(C)[C@@H]5C4)cc3)c2)O[C@H](CO)[C@@H](O)[C@H](O)[C@H]1O. The predicted molar refractivity (Wildman–Crippen MR) is 129 cm³/mol. The van der Waals surface area contributed by atoms with Crippen molar-refractivity contribution in [2.45, 2.75) is 62.5 Å². The van der Waals surface area contributed by atoms with Crippen LogP contribution in [-0.2, 0) is 21.7 Å². The molecule has 7 nitrogen and oxygen atoms in total. The van der Waals surface area contributed by atoms with Crippen molar-refractivity contribution in [2.75, 3.05) is 13.7 Å². The molecule has 4 N–H and O–H groups in total. The molecule has 3 unspecified atom stereocenters. The Morgan fingerprint density at radius 3 is 2.34 bits per heavy atom. The Morgan fingerprint density at radius 2 is 1.71 bits per heavy atom. The van der Waals surface area contributed by atoms with E-state index in [0.717, 1.165) is 47.5 Å². The van der Waals surface area contributed by atoms with Crippen LogP contribution in [0.15, 0.2) is 42.5 Å². The molecule has 2 saturated carbocycles. The fraction of sp³-hybridized carbons (Fsp3) is 0.556. The van der Waals surface area contributed by atoms with Crippen LogP contribution in [0.3, 0.4) is 0 Å². The number of aliphatic hydroxyl groups excluding tert-OH is 4. The van der Waals surface area contributed by atoms with Crippen molar-refractivity contribution < 1.29 is 34.6 Å². The zero-order chi connectivity index (χ0) is 24.9. The summed E-state index contributed by atoms with van der Waals surface area (Å²) in [5.41, 5.74) is 2.22. The van der Waals surface area contributed by atoms with Gasteiger partial charge in [0, 0.05) is 17.7 Å². The highest BCUT2D eigenvalue weighted by molar-refractivity contribution is 6.31. The summed E-state index contributed by atoms with van der Waals surface area (Å²) in [6.45, 7) is 1.78. The van der Waals surface area contributed by atoms with Crippen molar-refractivity contribution in [1.29, 1.82) is 0 Å². The number of ether oxygens (including phenoxy) is 3. The molecule has 3 aliphatic rings. The minimum Gasteiger partial charge on any atom is -0.490 e. The minimum absolute atomic E-state index is 0.307. The van der Waals surface area contributed by atoms with Gasteiger partial charge < -0.3 is 34.6 Å². The van der Waals surface area contributed by atoms with Gasteiger partial charge in [0.25, 0.3) is 0 Å². The first-order chi connectivity index (χ1) is 16.8. The van der Waals surface area contributed by atoms with E-state index in [2.05, 4.69) is 6.92 Å². The van der Waals surface area contributed by atoms with Crippen molar-refractivity contribution in [1.82, 2.24) is 0 Å². The second-order valence-corrected chi connectivity index (χ2v) is 10.6. The Morgan fingerprint density at radius 1 is 1.03 bits per heavy atom. The van der Waals surface area contributed by atoms with Crippen LogP contribution < -0.4 is 4.74 Å². The smallest absolute Gasteiger partial charge is 0.224 e. The average Bonchev–Trinajstić information content (AvgIpc) is 3.25. The third kappa shape index (κ3) is 4.48. The molecule has 2 aromatic rings. The van der Waals surface area contributed by atoms with E-state index in [9.17, 15) is 20.4 Å². The predicted octanol–water partition coefficient (Wildman–Crippen LogP) is 2.63. The molecule has 3 fully saturated rings. The van der Waals surface area contributed by atoms with Gasteiger partial charge in [-0.25, -0.2) is 0 Å². The lowest BCUT2D eigenvalue weighted by Gasteiger charge is -2.47. The number of rotatable bonds is 7. The Kier molecular flexibility index (Phi) is 6.87. The molecule has 1 heterocycles. The first-order valence-electron chi connectivity index (χ1n) is 12.2. The lowest BCUT2D eigenvalue weighted by atomic mass is 9.87. The largest absolute Gasteiger partial charge is 0.490 e. The van der Waals surface area contributed by atoms with Crippen LogP contribution in [0.5, 0.6) is 5.75 Å². The molecule has 0 amide bonds. The standard InChI is InChI=1S/C27H33ClO7/c1-14-20-11-19(12-21(14)20)34-18-6-3-15(4-7-18)9-16-10-17(5-8-22(16)28)27(33-2)26(32)25(31)24(30)23(13-29)35-27/h3-8,10,14,19-21,23-26,29-32H,9,11-13H2,1-2H3/t14?,19?,20-,21+,23-,24-,25+,26-,27?/m1/s1. The molecule has 0 radical (unpaired) electrons. The van der Waals surface area contributed by atoms with E-state index in [4.69, 9.17) is 25.8 Å². The van der Waals surface area contributed by atoms with E-state index in [1.54, 1.807) is 18.2 Å². The summed E-state index contributed by atoms with van der Waals surface area (Å²) in [6.07, 6.45) is -2.62. The number of halogens is 1. The summed E-state index contributed by atoms with van der Waals surface area (Å²) >= 11 is 6.49. The molecule has 8 heteroatoms. The van der Waals surface area contributed by atoms with Crippen LogP contribution >= 0.6 is 11.6 Å². The monoisotopic (exact) mass is 504 g/mol. The van der Waals surface area contributed by atoms with Crippen molar-refractivity contribution >= 4 is 11.6 Å². The number of methoxy groups -OCH3 is 1. The summed E-state index contributed by atoms with van der Waals surface area (Å²) in [4.78, 5) is 0. The van der Waals surface area contributed by atoms with Gasteiger partial charge >= 0.3 is 0 Å². The van der Waals surface area contributed by atoms with Crippen molar-refractivity contribution in [3.63, 3.8) is 0 Å². The lowest BCUT2D eigenvalue weighted by Crippen LogP contribution is -2.64. The minimum atomic E-state index is -1.78. The van der Waals surface area contributed by atoms with Crippen LogP contribution in [0.4, 0.5) is 0 Å². The summed E-state index contributed by atoms with van der Waals surface area (Å²) in [5.74, 6) is 1.63. The van der Waals surface area contributed by atoms with Gasteiger partial charge in [-0.05, 0) is 72.4 Å². The Bertz CT molecular complexity index is 1030. The van der Waals surface area contributed by atoms with E-state index in [1.165, 1.54) is 7.11 Å². The molecule has 0 spiro atoms. The lowest BCUT2D eigenvalue weighted by molar-refractivity contribution is -0.366. The zero-order valence-electron chi connectivity index (χ0n) is 19.9. The molecule has 9 atom stereocenters. The molecule has 2 aromatic carbocycles. The average molecular weight is 505 g/mol. The molecular formula is C27H33ClO7.